The molecule has 38 heavy (non-hydrogen) atoms. The van der Waals surface area contributed by atoms with E-state index in [1.807, 2.05) is 30.0 Å². The molecule has 0 aliphatic carbocycles. The maximum absolute atomic E-state index is 13.6. The van der Waals surface area contributed by atoms with E-state index < -0.39 is 0 Å². The lowest BCUT2D eigenvalue weighted by atomic mass is 9.99. The van der Waals surface area contributed by atoms with E-state index in [1.54, 1.807) is 0 Å². The first kappa shape index (κ1) is 26.4. The van der Waals surface area contributed by atoms with E-state index in [4.69, 9.17) is 16.6 Å². The van der Waals surface area contributed by atoms with Crippen LogP contribution in [0.2, 0.25) is 5.02 Å². The fraction of sp³-hybridized carbons (Fsp3) is 0.419. The standard InChI is InChI=1S/C31H38ClN5O/c1-4-24-8-7-11-30(34-24)36-16-18-37(19-17-36)31(38)26-21-28(23(3)20-22(26)2)33-25-12-14-35(15-13-25)29-10-6-5-9-27(29)32/h5-11,20-21,25,33H,4,12-19H2,1-3H3. The summed E-state index contributed by atoms with van der Waals surface area (Å²) in [7, 11) is 0. The number of nitrogens with one attached hydrogen (secondary N) is 1. The van der Waals surface area contributed by atoms with Crippen LogP contribution >= 0.6 is 11.6 Å². The van der Waals surface area contributed by atoms with Gasteiger partial charge in [0.25, 0.3) is 5.91 Å². The van der Waals surface area contributed by atoms with Crippen molar-refractivity contribution in [2.24, 2.45) is 0 Å². The Morgan fingerprint density at radius 1 is 0.921 bits per heavy atom. The summed E-state index contributed by atoms with van der Waals surface area (Å²) in [6, 6.07) is 18.9. The second kappa shape index (κ2) is 11.6. The topological polar surface area (TPSA) is 51.7 Å². The average Bonchev–Trinajstić information content (AvgIpc) is 2.95. The van der Waals surface area contributed by atoms with Crippen LogP contribution < -0.4 is 15.1 Å². The number of carbonyl (C=O) groups is 1. The summed E-state index contributed by atoms with van der Waals surface area (Å²) >= 11 is 6.42. The summed E-state index contributed by atoms with van der Waals surface area (Å²) in [5.41, 5.74) is 6.29. The molecule has 0 saturated carbocycles. The molecule has 2 aliphatic heterocycles. The lowest BCUT2D eigenvalue weighted by Crippen LogP contribution is -2.49. The maximum Gasteiger partial charge on any atom is 0.254 e. The fourth-order valence-corrected chi connectivity index (χ4v) is 5.84. The van der Waals surface area contributed by atoms with Crippen LogP contribution in [0.25, 0.3) is 0 Å². The van der Waals surface area contributed by atoms with Crippen molar-refractivity contribution in [2.75, 3.05) is 54.4 Å². The van der Waals surface area contributed by atoms with E-state index in [0.29, 0.717) is 19.1 Å². The predicted molar refractivity (Wildman–Crippen MR) is 158 cm³/mol. The third-order valence-corrected chi connectivity index (χ3v) is 8.21. The molecule has 2 aromatic carbocycles. The van der Waals surface area contributed by atoms with Gasteiger partial charge in [0.15, 0.2) is 0 Å². The smallest absolute Gasteiger partial charge is 0.254 e. The Bertz CT molecular complexity index is 1280. The van der Waals surface area contributed by atoms with E-state index >= 15 is 0 Å². The minimum atomic E-state index is 0.119. The zero-order chi connectivity index (χ0) is 26.6. The normalized spacial score (nSPS) is 16.6. The van der Waals surface area contributed by atoms with E-state index in [1.165, 1.54) is 5.56 Å². The van der Waals surface area contributed by atoms with Crippen LogP contribution in [-0.2, 0) is 6.42 Å². The maximum atomic E-state index is 13.6. The number of pyridine rings is 1. The molecule has 2 saturated heterocycles. The van der Waals surface area contributed by atoms with Gasteiger partial charge in [-0.25, -0.2) is 4.98 Å². The van der Waals surface area contributed by atoms with Gasteiger partial charge in [-0.3, -0.25) is 4.79 Å². The first-order valence-electron chi connectivity index (χ1n) is 13.8. The number of anilines is 3. The first-order chi connectivity index (χ1) is 18.4. The molecule has 3 heterocycles. The number of aromatic nitrogens is 1. The van der Waals surface area contributed by atoms with E-state index in [2.05, 4.69) is 65.4 Å². The Kier molecular flexibility index (Phi) is 8.08. The molecule has 200 valence electrons. The van der Waals surface area contributed by atoms with Gasteiger partial charge in [-0.15, -0.1) is 0 Å². The highest BCUT2D eigenvalue weighted by Gasteiger charge is 2.26. The van der Waals surface area contributed by atoms with Crippen LogP contribution in [0, 0.1) is 13.8 Å². The Hall–Kier alpha value is -3.25. The van der Waals surface area contributed by atoms with Crippen LogP contribution in [-0.4, -0.2) is 61.1 Å². The number of para-hydroxylation sites is 1. The number of rotatable bonds is 6. The number of nitrogens with zero attached hydrogens (tertiary/aromatic N) is 4. The Balaban J connectivity index is 1.21. The number of carbonyl (C=O) groups excluding carboxylic acids is 1. The summed E-state index contributed by atoms with van der Waals surface area (Å²) in [6.45, 7) is 11.2. The molecule has 0 radical (unpaired) electrons. The molecule has 5 rings (SSSR count). The first-order valence-corrected chi connectivity index (χ1v) is 14.2. The van der Waals surface area contributed by atoms with Gasteiger partial charge >= 0.3 is 0 Å². The minimum absolute atomic E-state index is 0.119. The van der Waals surface area contributed by atoms with Crippen molar-refractivity contribution < 1.29 is 4.79 Å². The van der Waals surface area contributed by atoms with Crippen molar-refractivity contribution in [1.82, 2.24) is 9.88 Å². The summed E-state index contributed by atoms with van der Waals surface area (Å²) in [5, 5.41) is 4.56. The summed E-state index contributed by atoms with van der Waals surface area (Å²) in [4.78, 5) is 25.0. The molecule has 0 atom stereocenters. The third-order valence-electron chi connectivity index (χ3n) is 7.89. The second-order valence-corrected chi connectivity index (χ2v) is 10.9. The number of benzene rings is 2. The van der Waals surface area contributed by atoms with Crippen molar-refractivity contribution in [1.29, 1.82) is 0 Å². The van der Waals surface area contributed by atoms with Gasteiger partial charge in [0.2, 0.25) is 0 Å². The molecule has 1 aromatic heterocycles. The zero-order valence-electron chi connectivity index (χ0n) is 22.7. The third kappa shape index (κ3) is 5.75. The molecule has 6 nitrogen and oxygen atoms in total. The number of hydrogen-bond donors (Lipinski definition) is 1. The quantitative estimate of drug-likeness (QED) is 0.425. The number of aryl methyl sites for hydroxylation is 3. The molecule has 0 unspecified atom stereocenters. The van der Waals surface area contributed by atoms with Gasteiger partial charge in [-0.1, -0.05) is 42.8 Å². The highest BCUT2D eigenvalue weighted by Crippen LogP contribution is 2.30. The Morgan fingerprint density at radius 3 is 2.37 bits per heavy atom. The summed E-state index contributed by atoms with van der Waals surface area (Å²) in [5.74, 6) is 1.13. The number of amides is 1. The van der Waals surface area contributed by atoms with Gasteiger partial charge in [-0.05, 0) is 74.6 Å². The van der Waals surface area contributed by atoms with Gasteiger partial charge in [0.05, 0.1) is 10.7 Å². The number of piperidine rings is 1. The van der Waals surface area contributed by atoms with Crippen LogP contribution in [0.5, 0.6) is 0 Å². The molecule has 0 bridgehead atoms. The molecule has 1 N–H and O–H groups in total. The Morgan fingerprint density at radius 2 is 1.66 bits per heavy atom. The lowest BCUT2D eigenvalue weighted by molar-refractivity contribution is 0.0746. The fourth-order valence-electron chi connectivity index (χ4n) is 5.58. The van der Waals surface area contributed by atoms with E-state index in [0.717, 1.165) is 84.5 Å². The monoisotopic (exact) mass is 531 g/mol. The van der Waals surface area contributed by atoms with E-state index in [-0.39, 0.29) is 5.91 Å². The van der Waals surface area contributed by atoms with Crippen LogP contribution in [0.3, 0.4) is 0 Å². The summed E-state index contributed by atoms with van der Waals surface area (Å²) in [6.07, 6.45) is 2.98. The number of hydrogen-bond acceptors (Lipinski definition) is 5. The minimum Gasteiger partial charge on any atom is -0.382 e. The van der Waals surface area contributed by atoms with Gasteiger partial charge in [0, 0.05) is 62.3 Å². The van der Waals surface area contributed by atoms with Gasteiger partial charge in [0.1, 0.15) is 5.82 Å². The van der Waals surface area contributed by atoms with Crippen molar-refractivity contribution in [2.45, 2.75) is 46.1 Å². The molecule has 2 fully saturated rings. The van der Waals surface area contributed by atoms with Crippen molar-refractivity contribution >= 4 is 34.7 Å². The molecule has 2 aliphatic rings. The SMILES string of the molecule is CCc1cccc(N2CCN(C(=O)c3cc(NC4CCN(c5ccccc5Cl)CC4)c(C)cc3C)CC2)n1. The van der Waals surface area contributed by atoms with Crippen molar-refractivity contribution in [3.05, 3.63) is 82.0 Å². The van der Waals surface area contributed by atoms with Gasteiger partial charge < -0.3 is 20.0 Å². The number of halogens is 1. The van der Waals surface area contributed by atoms with E-state index in [9.17, 15) is 4.79 Å². The van der Waals surface area contributed by atoms with Crippen molar-refractivity contribution in [3.8, 4) is 0 Å². The summed E-state index contributed by atoms with van der Waals surface area (Å²) < 4.78 is 0. The molecular formula is C31H38ClN5O. The predicted octanol–water partition coefficient (Wildman–Crippen LogP) is 5.96. The van der Waals surface area contributed by atoms with Crippen LogP contribution in [0.4, 0.5) is 17.2 Å². The van der Waals surface area contributed by atoms with Crippen LogP contribution in [0.1, 0.15) is 46.9 Å². The average molecular weight is 532 g/mol. The molecule has 1 amide bonds. The molecule has 3 aromatic rings. The largest absolute Gasteiger partial charge is 0.382 e. The highest BCUT2D eigenvalue weighted by molar-refractivity contribution is 6.33. The lowest BCUT2D eigenvalue weighted by Gasteiger charge is -2.36. The molecule has 7 heteroatoms. The Labute approximate surface area is 231 Å². The molecule has 0 spiro atoms. The molecular weight excluding hydrogens is 494 g/mol. The van der Waals surface area contributed by atoms with Crippen LogP contribution in [0.15, 0.2) is 54.6 Å². The number of piperazine rings is 1. The highest BCUT2D eigenvalue weighted by atomic mass is 35.5. The van der Waals surface area contributed by atoms with Gasteiger partial charge in [-0.2, -0.15) is 0 Å². The second-order valence-electron chi connectivity index (χ2n) is 10.5. The zero-order valence-corrected chi connectivity index (χ0v) is 23.5. The van der Waals surface area contributed by atoms with Crippen molar-refractivity contribution in [3.63, 3.8) is 0 Å².